The third-order valence-corrected chi connectivity index (χ3v) is 0.167. The van der Waals surface area contributed by atoms with Crippen molar-refractivity contribution in [1.29, 1.82) is 0 Å². The number of hydrogen-bond donors (Lipinski definition) is 0. The molecule has 6 heteroatoms. The Morgan fingerprint density at radius 1 is 1.50 bits per heavy atom. The Bertz CT molecular complexity index is 40.1. The van der Waals surface area contributed by atoms with Crippen molar-refractivity contribution in [3.63, 3.8) is 0 Å². The maximum absolute atomic E-state index is 9.01. The van der Waals surface area contributed by atoms with Gasteiger partial charge in [-0.05, 0) is 0 Å². The van der Waals surface area contributed by atoms with Crippen molar-refractivity contribution in [3.8, 4) is 0 Å². The summed E-state index contributed by atoms with van der Waals surface area (Å²) in [4.78, 5) is 0. The molecule has 0 fully saturated rings. The molecule has 0 aliphatic heterocycles. The van der Waals surface area contributed by atoms with Crippen molar-refractivity contribution in [3.05, 3.63) is 0 Å². The van der Waals surface area contributed by atoms with Crippen molar-refractivity contribution in [2.45, 2.75) is 0 Å². The fourth-order valence-electron chi connectivity index (χ4n) is 0. The second-order valence-electron chi connectivity index (χ2n) is 0.272. The molecule has 0 amide bonds. The van der Waals surface area contributed by atoms with Gasteiger partial charge >= 0.3 is 53.7 Å². The van der Waals surface area contributed by atoms with Gasteiger partial charge in [0.2, 0.25) is 0 Å². The summed E-state index contributed by atoms with van der Waals surface area (Å²) in [5.74, 6) is 0. The van der Waals surface area contributed by atoms with Gasteiger partial charge in [0.1, 0.15) is 0 Å². The Morgan fingerprint density at radius 2 is 1.67 bits per heavy atom. The van der Waals surface area contributed by atoms with Gasteiger partial charge < -0.3 is 0 Å². The van der Waals surface area contributed by atoms with Crippen LogP contribution in [0.1, 0.15) is 0 Å². The van der Waals surface area contributed by atoms with E-state index in [2.05, 4.69) is 0 Å². The fraction of sp³-hybridized carbons (Fsp3) is 0. The molecule has 0 heterocycles. The van der Waals surface area contributed by atoms with Gasteiger partial charge in [-0.1, -0.05) is 0 Å². The third kappa shape index (κ3) is 23.2. The first-order valence-corrected chi connectivity index (χ1v) is 3.73. The van der Waals surface area contributed by atoms with E-state index in [1.54, 1.807) is 0 Å². The molecular formula is HBO3PbSi. The summed E-state index contributed by atoms with van der Waals surface area (Å²) in [6, 6.07) is 0. The maximum atomic E-state index is 9.01. The summed E-state index contributed by atoms with van der Waals surface area (Å²) < 4.78 is 26.3. The molecule has 0 aromatic rings. The molecule has 2 radical (unpaired) electrons. The Balaban J connectivity index is 0. The van der Waals surface area contributed by atoms with Crippen LogP contribution in [0.25, 0.3) is 0 Å². The zero-order chi connectivity index (χ0) is 5.41. The zero-order valence-electron chi connectivity index (χ0n) is 2.88. The van der Waals surface area contributed by atoms with Crippen LogP contribution < -0.4 is 0 Å². The molecule has 0 aliphatic carbocycles. The molecule has 0 aromatic carbocycles. The summed E-state index contributed by atoms with van der Waals surface area (Å²) in [6.45, 7) is 0.403. The normalized spacial score (nSPS) is 3.33. The molecule has 0 spiro atoms. The Hall–Kier alpha value is 0.604. The molecule has 0 N–H and O–H groups in total. The first kappa shape index (κ1) is 9.78. The van der Waals surface area contributed by atoms with E-state index in [4.69, 9.17) is 11.9 Å². The van der Waals surface area contributed by atoms with E-state index >= 15 is 0 Å². The van der Waals surface area contributed by atoms with Gasteiger partial charge in [0, 0.05) is 0 Å². The average molecular weight is 295 g/mol. The van der Waals surface area contributed by atoms with E-state index in [0.717, 1.165) is 0 Å². The van der Waals surface area contributed by atoms with E-state index in [9.17, 15) is 0 Å². The predicted molar refractivity (Wildman–Crippen MR) is 20.7 cm³/mol. The van der Waals surface area contributed by atoms with Crippen molar-refractivity contribution < 1.29 is 11.9 Å². The summed E-state index contributed by atoms with van der Waals surface area (Å²) in [5, 5.41) is 0. The van der Waals surface area contributed by atoms with Crippen molar-refractivity contribution in [1.82, 2.24) is 0 Å². The zero-order valence-corrected chi connectivity index (χ0v) is 7.92. The van der Waals surface area contributed by atoms with Crippen LogP contribution in [-0.4, -0.2) is 41.8 Å². The molecule has 0 bridgehead atoms. The average Bonchev–Trinajstić information content (AvgIpc) is 1.72. The molecule has 0 saturated carbocycles. The first-order chi connectivity index (χ1) is 2.91. The van der Waals surface area contributed by atoms with Gasteiger partial charge in [-0.15, -0.1) is 0 Å². The van der Waals surface area contributed by atoms with E-state index in [-0.39, 0.29) is 25.8 Å². The van der Waals surface area contributed by atoms with Crippen LogP contribution in [-0.2, 0) is 11.9 Å². The van der Waals surface area contributed by atoms with Crippen LogP contribution in [0.5, 0.6) is 0 Å². The molecule has 0 aromatic heterocycles. The molecule has 0 aliphatic rings. The molecule has 0 atom stereocenters. The number of rotatable bonds is 1. The van der Waals surface area contributed by atoms with Crippen molar-refractivity contribution >= 4 is 41.8 Å². The summed E-state index contributed by atoms with van der Waals surface area (Å²) in [7, 11) is -1.15. The first-order valence-electron chi connectivity index (χ1n) is 1.01. The van der Waals surface area contributed by atoms with E-state index in [1.807, 2.05) is 0 Å². The quantitative estimate of drug-likeness (QED) is 0.538. The van der Waals surface area contributed by atoms with E-state index < -0.39 is 9.28 Å². The fourth-order valence-corrected chi connectivity index (χ4v) is 0. The van der Waals surface area contributed by atoms with Crippen LogP contribution in [0.2, 0.25) is 0 Å². The minimum atomic E-state index is -1.15. The van der Waals surface area contributed by atoms with Gasteiger partial charge in [0.05, 0.1) is 0 Å². The monoisotopic (exact) mass is 296 g/mol. The molecule has 3 nitrogen and oxygen atoms in total. The predicted octanol–water partition coefficient (Wildman–Crippen LogP) is -1.77. The molecule has 0 unspecified atom stereocenters. The molecule has 30 valence electrons. The van der Waals surface area contributed by atoms with Gasteiger partial charge in [-0.25, -0.2) is 0 Å². The van der Waals surface area contributed by atoms with E-state index in [1.165, 1.54) is 0 Å². The third-order valence-electron chi connectivity index (χ3n) is 0.0556. The number of hydrogen-bond acceptors (Lipinski definition) is 3. The topological polar surface area (TPSA) is 51.2 Å². The van der Waals surface area contributed by atoms with Crippen LogP contribution in [0.4, 0.5) is 0 Å². The van der Waals surface area contributed by atoms with E-state index in [0.29, 0.717) is 6.74 Å². The molecule has 0 rings (SSSR count). The minimum absolute atomic E-state index is 0.0556. The second-order valence-corrected chi connectivity index (χ2v) is 0.816. The Morgan fingerprint density at radius 3 is 1.67 bits per heavy atom. The van der Waals surface area contributed by atoms with Gasteiger partial charge in [0.15, 0.2) is 0 Å². The second kappa shape index (κ2) is 17.5. The van der Waals surface area contributed by atoms with Crippen LogP contribution in [0.3, 0.4) is 0 Å². The summed E-state index contributed by atoms with van der Waals surface area (Å²) in [5.41, 5.74) is 0. The molecule has 6 heavy (non-hydrogen) atoms. The SMILES string of the molecule is O=B[SiH]=O.[O]=[Pb]. The molecule has 0 saturated heterocycles. The van der Waals surface area contributed by atoms with Crippen LogP contribution >= 0.6 is 0 Å². The molecular weight excluding hydrogens is 294 g/mol. The van der Waals surface area contributed by atoms with Crippen molar-refractivity contribution in [2.75, 3.05) is 0 Å². The summed E-state index contributed by atoms with van der Waals surface area (Å²) in [6.07, 6.45) is 0. The van der Waals surface area contributed by atoms with Gasteiger partial charge in [-0.3, -0.25) is 0 Å². The standard InChI is InChI=1S/BHO2Si.O.Pb/c2-1-4-3;;/h4H;;. The Kier molecular flexibility index (Phi) is 28.6. The van der Waals surface area contributed by atoms with Crippen LogP contribution in [0.15, 0.2) is 0 Å². The van der Waals surface area contributed by atoms with Gasteiger partial charge in [-0.2, -0.15) is 0 Å². The van der Waals surface area contributed by atoms with Crippen LogP contribution in [0, 0.1) is 0 Å². The van der Waals surface area contributed by atoms with Crippen molar-refractivity contribution in [2.24, 2.45) is 0 Å². The Labute approximate surface area is 53.7 Å². The van der Waals surface area contributed by atoms with Gasteiger partial charge in [0.25, 0.3) is 0 Å². The summed E-state index contributed by atoms with van der Waals surface area (Å²) >= 11 is 0.0556.